The zero-order valence-electron chi connectivity index (χ0n) is 12.7. The molecule has 116 valence electrons. The Kier molecular flexibility index (Phi) is 4.12. The molecule has 0 bridgehead atoms. The molecule has 3 rings (SSSR count). The minimum atomic E-state index is -0.220. The molecule has 0 radical (unpaired) electrons. The second-order valence-corrected chi connectivity index (χ2v) is 5.61. The molecule has 1 aromatic carbocycles. The van der Waals surface area contributed by atoms with Crippen molar-refractivity contribution in [2.45, 2.75) is 6.92 Å². The predicted octanol–water partition coefficient (Wildman–Crippen LogP) is 3.58. The average molecular weight is 327 g/mol. The lowest BCUT2D eigenvalue weighted by molar-refractivity contribution is -0.111. The molecule has 0 aliphatic rings. The molecule has 0 saturated heterocycles. The molecule has 0 unspecified atom stereocenters. The lowest BCUT2D eigenvalue weighted by Gasteiger charge is -2.02. The zero-order valence-corrected chi connectivity index (χ0v) is 13.5. The van der Waals surface area contributed by atoms with Gasteiger partial charge in [-0.05, 0) is 36.8 Å². The maximum absolute atomic E-state index is 12.0. The summed E-state index contributed by atoms with van der Waals surface area (Å²) >= 11 is 5.83. The van der Waals surface area contributed by atoms with Crippen LogP contribution in [0.1, 0.15) is 11.3 Å². The monoisotopic (exact) mass is 326 g/mol. The topological polar surface area (TPSA) is 59.8 Å². The highest BCUT2D eigenvalue weighted by atomic mass is 35.5. The first-order valence-electron chi connectivity index (χ1n) is 7.07. The lowest BCUT2D eigenvalue weighted by atomic mass is 10.2. The van der Waals surface area contributed by atoms with Crippen LogP contribution in [0.15, 0.2) is 42.6 Å². The number of amides is 1. The van der Waals surface area contributed by atoms with E-state index in [9.17, 15) is 4.79 Å². The van der Waals surface area contributed by atoms with E-state index in [2.05, 4.69) is 15.4 Å². The van der Waals surface area contributed by atoms with Crippen LogP contribution in [0.25, 0.3) is 17.1 Å². The van der Waals surface area contributed by atoms with Gasteiger partial charge in [-0.2, -0.15) is 5.10 Å². The summed E-state index contributed by atoms with van der Waals surface area (Å²) in [7, 11) is 1.84. The van der Waals surface area contributed by atoms with E-state index in [-0.39, 0.29) is 5.91 Å². The number of hydrogen-bond donors (Lipinski definition) is 1. The summed E-state index contributed by atoms with van der Waals surface area (Å²) in [4.78, 5) is 16.3. The van der Waals surface area contributed by atoms with Crippen LogP contribution in [-0.4, -0.2) is 20.7 Å². The fourth-order valence-electron chi connectivity index (χ4n) is 2.31. The van der Waals surface area contributed by atoms with Crippen molar-refractivity contribution in [1.29, 1.82) is 0 Å². The Balaban J connectivity index is 1.74. The average Bonchev–Trinajstić information content (AvgIpc) is 2.81. The summed E-state index contributed by atoms with van der Waals surface area (Å²) < 4.78 is 1.72. The van der Waals surface area contributed by atoms with E-state index in [0.29, 0.717) is 10.7 Å². The van der Waals surface area contributed by atoms with E-state index in [1.54, 1.807) is 29.1 Å². The van der Waals surface area contributed by atoms with Gasteiger partial charge < -0.3 is 5.32 Å². The van der Waals surface area contributed by atoms with Gasteiger partial charge in [0.25, 0.3) is 0 Å². The lowest BCUT2D eigenvalue weighted by Crippen LogP contribution is -2.08. The molecule has 0 spiro atoms. The van der Waals surface area contributed by atoms with Gasteiger partial charge in [-0.1, -0.05) is 23.7 Å². The second kappa shape index (κ2) is 6.22. The molecule has 0 aliphatic carbocycles. The number of aromatic nitrogens is 3. The third kappa shape index (κ3) is 3.40. The molecule has 2 aromatic heterocycles. The van der Waals surface area contributed by atoms with Gasteiger partial charge in [0.1, 0.15) is 0 Å². The molecule has 23 heavy (non-hydrogen) atoms. The summed E-state index contributed by atoms with van der Waals surface area (Å²) in [6.45, 7) is 1.91. The maximum atomic E-state index is 12.0. The van der Waals surface area contributed by atoms with Crippen LogP contribution in [0.2, 0.25) is 5.02 Å². The predicted molar refractivity (Wildman–Crippen MR) is 92.4 cm³/mol. The summed E-state index contributed by atoms with van der Waals surface area (Å²) in [6.07, 6.45) is 4.83. The molecule has 3 aromatic rings. The largest absolute Gasteiger partial charge is 0.321 e. The van der Waals surface area contributed by atoms with Crippen LogP contribution >= 0.6 is 11.6 Å². The fraction of sp³-hybridized carbons (Fsp3) is 0.118. The number of halogens is 1. The number of rotatable bonds is 3. The first-order chi connectivity index (χ1) is 11.0. The summed E-state index contributed by atoms with van der Waals surface area (Å²) in [6, 6.07) is 9.13. The number of carbonyl (C=O) groups is 1. The second-order valence-electron chi connectivity index (χ2n) is 5.18. The third-order valence-electron chi connectivity index (χ3n) is 3.43. The molecule has 5 nitrogen and oxygen atoms in total. The van der Waals surface area contributed by atoms with Gasteiger partial charge in [0, 0.05) is 23.5 Å². The van der Waals surface area contributed by atoms with E-state index in [1.807, 2.05) is 32.2 Å². The molecule has 0 aliphatic heterocycles. The number of anilines is 1. The van der Waals surface area contributed by atoms with Crippen molar-refractivity contribution in [2.75, 3.05) is 5.32 Å². The molecule has 2 heterocycles. The van der Waals surface area contributed by atoms with Crippen LogP contribution in [0.5, 0.6) is 0 Å². The van der Waals surface area contributed by atoms with Crippen molar-refractivity contribution < 1.29 is 4.79 Å². The van der Waals surface area contributed by atoms with Gasteiger partial charge in [-0.15, -0.1) is 0 Å². The Labute approximate surface area is 138 Å². The molecule has 6 heteroatoms. The van der Waals surface area contributed by atoms with Gasteiger partial charge in [-0.25, -0.2) is 4.98 Å². The van der Waals surface area contributed by atoms with Crippen LogP contribution in [0, 0.1) is 6.92 Å². The quantitative estimate of drug-likeness (QED) is 0.748. The van der Waals surface area contributed by atoms with Crippen molar-refractivity contribution in [1.82, 2.24) is 14.8 Å². The van der Waals surface area contributed by atoms with Crippen LogP contribution in [-0.2, 0) is 11.8 Å². The Morgan fingerprint density at radius 2 is 2.04 bits per heavy atom. The van der Waals surface area contributed by atoms with Crippen LogP contribution in [0.3, 0.4) is 0 Å². The SMILES string of the molecule is Cc1nn(C)c2ncc(NC(=O)/C=C/c3ccc(Cl)cc3)cc12. The van der Waals surface area contributed by atoms with Crippen molar-refractivity contribution in [3.05, 3.63) is 58.9 Å². The maximum Gasteiger partial charge on any atom is 0.248 e. The number of pyridine rings is 1. The number of benzene rings is 1. The van der Waals surface area contributed by atoms with Crippen molar-refractivity contribution in [3.8, 4) is 0 Å². The summed E-state index contributed by atoms with van der Waals surface area (Å²) in [5, 5.41) is 8.70. The standard InChI is InChI=1S/C17H15ClN4O/c1-11-15-9-14(10-19-17(15)22(2)21-11)20-16(23)8-5-12-3-6-13(18)7-4-12/h3-10H,1-2H3,(H,20,23)/b8-5+. The number of carbonyl (C=O) groups excluding carboxylic acids is 1. The van der Waals surface area contributed by atoms with Crippen LogP contribution in [0.4, 0.5) is 5.69 Å². The molecular formula is C17H15ClN4O. The Morgan fingerprint density at radius 1 is 1.30 bits per heavy atom. The van der Waals surface area contributed by atoms with E-state index in [0.717, 1.165) is 22.3 Å². The van der Waals surface area contributed by atoms with Gasteiger partial charge in [-0.3, -0.25) is 9.48 Å². The van der Waals surface area contributed by atoms with E-state index in [4.69, 9.17) is 11.6 Å². The van der Waals surface area contributed by atoms with Crippen molar-refractivity contribution in [3.63, 3.8) is 0 Å². The summed E-state index contributed by atoms with van der Waals surface area (Å²) in [5.74, 6) is -0.220. The third-order valence-corrected chi connectivity index (χ3v) is 3.68. The van der Waals surface area contributed by atoms with Gasteiger partial charge in [0.05, 0.1) is 17.6 Å². The minimum absolute atomic E-state index is 0.220. The molecule has 0 atom stereocenters. The van der Waals surface area contributed by atoms with Gasteiger partial charge in [0.2, 0.25) is 5.91 Å². The Morgan fingerprint density at radius 3 is 2.78 bits per heavy atom. The smallest absolute Gasteiger partial charge is 0.248 e. The van der Waals surface area contributed by atoms with Crippen LogP contribution < -0.4 is 5.32 Å². The highest BCUT2D eigenvalue weighted by Crippen LogP contribution is 2.19. The first-order valence-corrected chi connectivity index (χ1v) is 7.45. The highest BCUT2D eigenvalue weighted by Gasteiger charge is 2.07. The van der Waals surface area contributed by atoms with E-state index in [1.165, 1.54) is 6.08 Å². The van der Waals surface area contributed by atoms with E-state index >= 15 is 0 Å². The number of nitrogens with one attached hydrogen (secondary N) is 1. The molecule has 1 amide bonds. The number of fused-ring (bicyclic) bond motifs is 1. The molecule has 1 N–H and O–H groups in total. The Hall–Kier alpha value is -2.66. The fourth-order valence-corrected chi connectivity index (χ4v) is 2.43. The van der Waals surface area contributed by atoms with Crippen molar-refractivity contribution in [2.24, 2.45) is 7.05 Å². The molecule has 0 saturated carbocycles. The first kappa shape index (κ1) is 15.2. The Bertz CT molecular complexity index is 897. The highest BCUT2D eigenvalue weighted by molar-refractivity contribution is 6.30. The summed E-state index contributed by atoms with van der Waals surface area (Å²) in [5.41, 5.74) is 3.21. The van der Waals surface area contributed by atoms with E-state index < -0.39 is 0 Å². The normalized spacial score (nSPS) is 11.3. The number of hydrogen-bond acceptors (Lipinski definition) is 3. The number of aryl methyl sites for hydroxylation is 2. The van der Waals surface area contributed by atoms with Gasteiger partial charge in [0.15, 0.2) is 5.65 Å². The number of nitrogens with zero attached hydrogens (tertiary/aromatic N) is 3. The molecular weight excluding hydrogens is 312 g/mol. The zero-order chi connectivity index (χ0) is 16.4. The van der Waals surface area contributed by atoms with Crippen molar-refractivity contribution >= 4 is 40.3 Å². The molecule has 0 fully saturated rings. The minimum Gasteiger partial charge on any atom is -0.321 e. The van der Waals surface area contributed by atoms with Gasteiger partial charge >= 0.3 is 0 Å².